The average Bonchev–Trinajstić information content (AvgIpc) is 2.37. The highest BCUT2D eigenvalue weighted by atomic mass is 32.2. The van der Waals surface area contributed by atoms with E-state index < -0.39 is 34.9 Å². The molecule has 0 bridgehead atoms. The van der Waals surface area contributed by atoms with Gasteiger partial charge in [0.15, 0.2) is 5.03 Å². The molecule has 0 saturated carbocycles. The molecule has 0 aromatic carbocycles. The molecule has 0 radical (unpaired) electrons. The first-order chi connectivity index (χ1) is 8.95. The highest BCUT2D eigenvalue weighted by Crippen LogP contribution is 2.21. The lowest BCUT2D eigenvalue weighted by Crippen LogP contribution is -2.53. The van der Waals surface area contributed by atoms with Crippen LogP contribution in [0, 0.1) is 0 Å². The Bertz CT molecular complexity index is 612. The number of anilines is 1. The van der Waals surface area contributed by atoms with E-state index in [0.29, 0.717) is 5.69 Å². The predicted octanol–water partition coefficient (Wildman–Crippen LogP) is -1.23. The van der Waals surface area contributed by atoms with E-state index in [2.05, 4.69) is 10.3 Å². The Morgan fingerprint density at radius 3 is 2.53 bits per heavy atom. The summed E-state index contributed by atoms with van der Waals surface area (Å²) in [6.45, 7) is -0.790. The molecule has 2 amide bonds. The molecule has 0 aliphatic carbocycles. The van der Waals surface area contributed by atoms with Crippen LogP contribution >= 0.6 is 0 Å². The fraction of sp³-hybridized carbons (Fsp3) is 0.300. The molecule has 2 rings (SSSR count). The third-order valence-electron chi connectivity index (χ3n) is 2.54. The second-order valence-corrected chi connectivity index (χ2v) is 5.70. The van der Waals surface area contributed by atoms with Crippen LogP contribution in [0.3, 0.4) is 0 Å². The standard InChI is InChI=1S/C10H12N4O4S/c1-11-7-3-2-4-12-10(7)19(17,18)14-5-8(15)13-9(16)6-14/h2-4,11H,5-6H2,1H3,(H,13,15,16). The lowest BCUT2D eigenvalue weighted by molar-refractivity contribution is -0.134. The van der Waals surface area contributed by atoms with Crippen LogP contribution in [0.25, 0.3) is 0 Å². The van der Waals surface area contributed by atoms with Crippen molar-refractivity contribution in [2.24, 2.45) is 0 Å². The Labute approximate surface area is 109 Å². The van der Waals surface area contributed by atoms with E-state index in [1.54, 1.807) is 19.2 Å². The summed E-state index contributed by atoms with van der Waals surface area (Å²) in [6, 6.07) is 3.13. The molecule has 19 heavy (non-hydrogen) atoms. The summed E-state index contributed by atoms with van der Waals surface area (Å²) in [7, 11) is -2.43. The Kier molecular flexibility index (Phi) is 3.49. The maximum atomic E-state index is 12.3. The molecule has 1 saturated heterocycles. The highest BCUT2D eigenvalue weighted by Gasteiger charge is 2.34. The van der Waals surface area contributed by atoms with Crippen molar-refractivity contribution in [3.8, 4) is 0 Å². The van der Waals surface area contributed by atoms with Crippen molar-refractivity contribution in [3.05, 3.63) is 18.3 Å². The molecular weight excluding hydrogens is 272 g/mol. The van der Waals surface area contributed by atoms with Crippen LogP contribution in [-0.2, 0) is 19.6 Å². The average molecular weight is 284 g/mol. The van der Waals surface area contributed by atoms with E-state index in [1.165, 1.54) is 6.20 Å². The van der Waals surface area contributed by atoms with Gasteiger partial charge in [0.25, 0.3) is 10.0 Å². The zero-order valence-corrected chi connectivity index (χ0v) is 10.9. The second-order valence-electron chi connectivity index (χ2n) is 3.85. The molecule has 1 aliphatic rings. The molecule has 1 aromatic heterocycles. The molecule has 9 heteroatoms. The van der Waals surface area contributed by atoms with Crippen molar-refractivity contribution in [3.63, 3.8) is 0 Å². The largest absolute Gasteiger partial charge is 0.386 e. The van der Waals surface area contributed by atoms with E-state index >= 15 is 0 Å². The molecule has 0 unspecified atom stereocenters. The van der Waals surface area contributed by atoms with Crippen molar-refractivity contribution in [1.82, 2.24) is 14.6 Å². The SMILES string of the molecule is CNc1cccnc1S(=O)(=O)N1CC(=O)NC(=O)C1. The quantitative estimate of drug-likeness (QED) is 0.673. The maximum absolute atomic E-state index is 12.3. The highest BCUT2D eigenvalue weighted by molar-refractivity contribution is 7.89. The Morgan fingerprint density at radius 2 is 1.95 bits per heavy atom. The molecule has 2 heterocycles. The van der Waals surface area contributed by atoms with Crippen LogP contribution in [0.1, 0.15) is 0 Å². The van der Waals surface area contributed by atoms with Gasteiger partial charge in [-0.2, -0.15) is 4.31 Å². The normalized spacial score (nSPS) is 17.1. The first-order valence-electron chi connectivity index (χ1n) is 5.40. The number of nitrogens with one attached hydrogen (secondary N) is 2. The van der Waals surface area contributed by atoms with Crippen molar-refractivity contribution in [2.45, 2.75) is 5.03 Å². The Hall–Kier alpha value is -2.00. The van der Waals surface area contributed by atoms with Crippen molar-refractivity contribution >= 4 is 27.5 Å². The zero-order valence-electron chi connectivity index (χ0n) is 10.1. The van der Waals surface area contributed by atoms with Gasteiger partial charge in [0.2, 0.25) is 11.8 Å². The number of carbonyl (C=O) groups excluding carboxylic acids is 2. The number of nitrogens with zero attached hydrogens (tertiary/aromatic N) is 2. The first kappa shape index (κ1) is 13.4. The summed E-state index contributed by atoms with van der Waals surface area (Å²) in [4.78, 5) is 26.3. The number of rotatable bonds is 3. The topological polar surface area (TPSA) is 108 Å². The smallest absolute Gasteiger partial charge is 0.263 e. The minimum Gasteiger partial charge on any atom is -0.386 e. The molecule has 2 N–H and O–H groups in total. The zero-order chi connectivity index (χ0) is 14.0. The molecule has 8 nitrogen and oxygen atoms in total. The van der Waals surface area contributed by atoms with Gasteiger partial charge in [-0.25, -0.2) is 13.4 Å². The number of hydrogen-bond acceptors (Lipinski definition) is 6. The summed E-state index contributed by atoms with van der Waals surface area (Å²) in [5.41, 5.74) is 0.306. The summed E-state index contributed by atoms with van der Waals surface area (Å²) in [5, 5.41) is 4.54. The number of sulfonamides is 1. The van der Waals surface area contributed by atoms with Crippen molar-refractivity contribution in [1.29, 1.82) is 0 Å². The lowest BCUT2D eigenvalue weighted by Gasteiger charge is -2.24. The summed E-state index contributed by atoms with van der Waals surface area (Å²) < 4.78 is 25.5. The third kappa shape index (κ3) is 2.56. The van der Waals surface area contributed by atoms with Crippen molar-refractivity contribution < 1.29 is 18.0 Å². The minimum atomic E-state index is -3.99. The molecule has 1 fully saturated rings. The van der Waals surface area contributed by atoms with E-state index in [0.717, 1.165) is 4.31 Å². The van der Waals surface area contributed by atoms with Gasteiger partial charge >= 0.3 is 0 Å². The lowest BCUT2D eigenvalue weighted by atomic mass is 10.4. The van der Waals surface area contributed by atoms with E-state index in [1.807, 2.05) is 5.32 Å². The molecule has 102 valence electrons. The van der Waals surface area contributed by atoms with Crippen LogP contribution in [-0.4, -0.2) is 49.7 Å². The first-order valence-corrected chi connectivity index (χ1v) is 6.85. The van der Waals surface area contributed by atoms with Crippen LogP contribution in [0.5, 0.6) is 0 Å². The molecule has 0 spiro atoms. The summed E-state index contributed by atoms with van der Waals surface area (Å²) in [5.74, 6) is -1.30. The number of imide groups is 1. The molecule has 0 atom stereocenters. The van der Waals surface area contributed by atoms with Crippen LogP contribution in [0.2, 0.25) is 0 Å². The third-order valence-corrected chi connectivity index (χ3v) is 4.30. The van der Waals surface area contributed by atoms with Gasteiger partial charge in [-0.15, -0.1) is 0 Å². The predicted molar refractivity (Wildman–Crippen MR) is 65.7 cm³/mol. The van der Waals surface area contributed by atoms with Gasteiger partial charge < -0.3 is 5.32 Å². The molecular formula is C10H12N4O4S. The monoisotopic (exact) mass is 284 g/mol. The number of hydrogen-bond donors (Lipinski definition) is 2. The van der Waals surface area contributed by atoms with Crippen LogP contribution < -0.4 is 10.6 Å². The van der Waals surface area contributed by atoms with E-state index in [-0.39, 0.29) is 5.03 Å². The van der Waals surface area contributed by atoms with Crippen LogP contribution in [0.15, 0.2) is 23.4 Å². The van der Waals surface area contributed by atoms with Gasteiger partial charge in [-0.05, 0) is 12.1 Å². The van der Waals surface area contributed by atoms with Gasteiger partial charge in [-0.3, -0.25) is 14.9 Å². The fourth-order valence-electron chi connectivity index (χ4n) is 1.69. The number of aromatic nitrogens is 1. The Morgan fingerprint density at radius 1 is 1.32 bits per heavy atom. The van der Waals surface area contributed by atoms with Gasteiger partial charge in [0.1, 0.15) is 0 Å². The fourth-order valence-corrected chi connectivity index (χ4v) is 3.15. The summed E-state index contributed by atoms with van der Waals surface area (Å²) in [6.07, 6.45) is 1.33. The van der Waals surface area contributed by atoms with Crippen LogP contribution in [0.4, 0.5) is 5.69 Å². The van der Waals surface area contributed by atoms with Gasteiger partial charge in [-0.1, -0.05) is 0 Å². The van der Waals surface area contributed by atoms with Crippen molar-refractivity contribution in [2.75, 3.05) is 25.5 Å². The number of carbonyl (C=O) groups is 2. The molecule has 1 aliphatic heterocycles. The maximum Gasteiger partial charge on any atom is 0.263 e. The number of amides is 2. The van der Waals surface area contributed by atoms with Gasteiger partial charge in [0.05, 0.1) is 18.8 Å². The second kappa shape index (κ2) is 4.94. The number of piperazine rings is 1. The van der Waals surface area contributed by atoms with E-state index in [4.69, 9.17) is 0 Å². The van der Waals surface area contributed by atoms with E-state index in [9.17, 15) is 18.0 Å². The minimum absolute atomic E-state index is 0.208. The van der Waals surface area contributed by atoms with Gasteiger partial charge in [0, 0.05) is 13.2 Å². The summed E-state index contributed by atoms with van der Waals surface area (Å²) >= 11 is 0. The Balaban J connectivity index is 2.42. The number of pyridine rings is 1. The molecule has 1 aromatic rings.